The molecule has 2 nitrogen and oxygen atoms in total. The van der Waals surface area contributed by atoms with Gasteiger partial charge in [-0.1, -0.05) is 19.9 Å². The molecule has 1 saturated carbocycles. The van der Waals surface area contributed by atoms with Gasteiger partial charge in [0.05, 0.1) is 0 Å². The first-order valence-electron chi connectivity index (χ1n) is 5.34. The summed E-state index contributed by atoms with van der Waals surface area (Å²) in [6.45, 7) is 9.49. The predicted molar refractivity (Wildman–Crippen MR) is 56.9 cm³/mol. The minimum atomic E-state index is -0.270. The van der Waals surface area contributed by atoms with Crippen LogP contribution in [0.2, 0.25) is 0 Å². The Labute approximate surface area is 86.3 Å². The lowest BCUT2D eigenvalue weighted by Gasteiger charge is -2.39. The van der Waals surface area contributed by atoms with Gasteiger partial charge in [0, 0.05) is 5.57 Å². The highest BCUT2D eigenvalue weighted by Gasteiger charge is 2.37. The number of carbonyl (C=O) groups excluding carboxylic acids is 1. The Kier molecular flexibility index (Phi) is 3.35. The van der Waals surface area contributed by atoms with Crippen LogP contribution >= 0.6 is 0 Å². The molecule has 0 aromatic carbocycles. The lowest BCUT2D eigenvalue weighted by molar-refractivity contribution is -0.161. The monoisotopic (exact) mass is 196 g/mol. The molecule has 1 aliphatic rings. The lowest BCUT2D eigenvalue weighted by atomic mass is 9.77. The fraction of sp³-hybridized carbons (Fsp3) is 0.750. The number of rotatable bonds is 2. The van der Waals surface area contributed by atoms with E-state index in [0.717, 1.165) is 19.3 Å². The average Bonchev–Trinajstić information content (AvgIpc) is 2.10. The molecule has 0 heterocycles. The summed E-state index contributed by atoms with van der Waals surface area (Å²) in [6.07, 6.45) is 4.54. The molecule has 0 saturated heterocycles. The van der Waals surface area contributed by atoms with E-state index in [-0.39, 0.29) is 11.6 Å². The van der Waals surface area contributed by atoms with Crippen LogP contribution < -0.4 is 0 Å². The Morgan fingerprint density at radius 3 is 2.64 bits per heavy atom. The third-order valence-electron chi connectivity index (χ3n) is 3.28. The summed E-state index contributed by atoms with van der Waals surface area (Å²) < 4.78 is 5.51. The van der Waals surface area contributed by atoms with Crippen LogP contribution in [0.4, 0.5) is 0 Å². The van der Waals surface area contributed by atoms with Gasteiger partial charge in [-0.2, -0.15) is 0 Å². The summed E-state index contributed by atoms with van der Waals surface area (Å²) in [5.41, 5.74) is 0.220. The van der Waals surface area contributed by atoms with E-state index in [0.29, 0.717) is 11.5 Å². The molecule has 1 aliphatic carbocycles. The van der Waals surface area contributed by atoms with Crippen LogP contribution in [0.3, 0.4) is 0 Å². The van der Waals surface area contributed by atoms with Crippen molar-refractivity contribution in [3.05, 3.63) is 12.2 Å². The molecular weight excluding hydrogens is 176 g/mol. The van der Waals surface area contributed by atoms with Crippen LogP contribution in [0.25, 0.3) is 0 Å². The van der Waals surface area contributed by atoms with Crippen molar-refractivity contribution in [2.45, 2.75) is 52.1 Å². The summed E-state index contributed by atoms with van der Waals surface area (Å²) >= 11 is 0. The molecule has 0 N–H and O–H groups in total. The zero-order valence-electron chi connectivity index (χ0n) is 9.43. The summed E-state index contributed by atoms with van der Waals surface area (Å²) in [6, 6.07) is 0. The fourth-order valence-corrected chi connectivity index (χ4v) is 1.93. The molecular formula is C12H20O2. The van der Waals surface area contributed by atoms with Crippen molar-refractivity contribution in [2.24, 2.45) is 5.92 Å². The Balaban J connectivity index is 2.64. The standard InChI is InChI=1S/C12H20O2/c1-9(2)11(13)14-12(4)8-6-5-7-10(12)3/h10H,1,5-8H2,2-4H3. The largest absolute Gasteiger partial charge is 0.456 e. The van der Waals surface area contributed by atoms with E-state index < -0.39 is 0 Å². The van der Waals surface area contributed by atoms with Crippen LogP contribution in [0.1, 0.15) is 46.5 Å². The molecule has 0 aromatic heterocycles. The molecule has 2 heteroatoms. The topological polar surface area (TPSA) is 26.3 Å². The number of ether oxygens (including phenoxy) is 1. The summed E-state index contributed by atoms with van der Waals surface area (Å²) in [5, 5.41) is 0. The first kappa shape index (κ1) is 11.3. The Bertz CT molecular complexity index is 245. The van der Waals surface area contributed by atoms with Gasteiger partial charge in [0.15, 0.2) is 0 Å². The normalized spacial score (nSPS) is 32.4. The van der Waals surface area contributed by atoms with E-state index in [1.807, 2.05) is 6.92 Å². The van der Waals surface area contributed by atoms with E-state index in [4.69, 9.17) is 4.74 Å². The maximum Gasteiger partial charge on any atom is 0.333 e. The maximum atomic E-state index is 11.4. The van der Waals surface area contributed by atoms with Crippen molar-refractivity contribution in [3.8, 4) is 0 Å². The van der Waals surface area contributed by atoms with Gasteiger partial charge in [0.25, 0.3) is 0 Å². The van der Waals surface area contributed by atoms with Crippen molar-refractivity contribution < 1.29 is 9.53 Å². The zero-order chi connectivity index (χ0) is 10.8. The van der Waals surface area contributed by atoms with Crippen LogP contribution in [0, 0.1) is 5.92 Å². The third-order valence-corrected chi connectivity index (χ3v) is 3.28. The Morgan fingerprint density at radius 1 is 1.50 bits per heavy atom. The van der Waals surface area contributed by atoms with Gasteiger partial charge in [-0.25, -0.2) is 4.79 Å². The highest BCUT2D eigenvalue weighted by Crippen LogP contribution is 2.36. The molecule has 2 atom stereocenters. The Morgan fingerprint density at radius 2 is 2.14 bits per heavy atom. The quantitative estimate of drug-likeness (QED) is 0.501. The smallest absolute Gasteiger partial charge is 0.333 e. The molecule has 0 aliphatic heterocycles. The summed E-state index contributed by atoms with van der Waals surface area (Å²) in [5.74, 6) is 0.209. The molecule has 2 unspecified atom stereocenters. The molecule has 1 fully saturated rings. The van der Waals surface area contributed by atoms with Gasteiger partial charge < -0.3 is 4.74 Å². The van der Waals surface area contributed by atoms with E-state index >= 15 is 0 Å². The summed E-state index contributed by atoms with van der Waals surface area (Å²) in [7, 11) is 0. The second kappa shape index (κ2) is 4.16. The van der Waals surface area contributed by atoms with Crippen LogP contribution in [0.15, 0.2) is 12.2 Å². The van der Waals surface area contributed by atoms with Crippen LogP contribution in [-0.2, 0) is 9.53 Å². The third kappa shape index (κ3) is 2.37. The van der Waals surface area contributed by atoms with Gasteiger partial charge in [-0.3, -0.25) is 0 Å². The van der Waals surface area contributed by atoms with Crippen LogP contribution in [-0.4, -0.2) is 11.6 Å². The minimum Gasteiger partial charge on any atom is -0.456 e. The predicted octanol–water partition coefficient (Wildman–Crippen LogP) is 3.07. The molecule has 14 heavy (non-hydrogen) atoms. The molecule has 0 aromatic rings. The van der Waals surface area contributed by atoms with Crippen molar-refractivity contribution in [1.82, 2.24) is 0 Å². The van der Waals surface area contributed by atoms with E-state index in [2.05, 4.69) is 13.5 Å². The van der Waals surface area contributed by atoms with Crippen molar-refractivity contribution >= 4 is 5.97 Å². The second-order valence-corrected chi connectivity index (χ2v) is 4.63. The van der Waals surface area contributed by atoms with Gasteiger partial charge in [-0.05, 0) is 39.0 Å². The molecule has 80 valence electrons. The van der Waals surface area contributed by atoms with Gasteiger partial charge >= 0.3 is 5.97 Å². The molecule has 0 amide bonds. The van der Waals surface area contributed by atoms with Gasteiger partial charge in [0.2, 0.25) is 0 Å². The number of hydrogen-bond acceptors (Lipinski definition) is 2. The highest BCUT2D eigenvalue weighted by molar-refractivity contribution is 5.87. The first-order valence-corrected chi connectivity index (χ1v) is 5.34. The SMILES string of the molecule is C=C(C)C(=O)OC1(C)CCCCC1C. The minimum absolute atomic E-state index is 0.249. The van der Waals surface area contributed by atoms with Gasteiger partial charge in [-0.15, -0.1) is 0 Å². The summed E-state index contributed by atoms with van der Waals surface area (Å²) in [4.78, 5) is 11.4. The maximum absolute atomic E-state index is 11.4. The fourth-order valence-electron chi connectivity index (χ4n) is 1.93. The number of carbonyl (C=O) groups is 1. The molecule has 0 radical (unpaired) electrons. The average molecular weight is 196 g/mol. The van der Waals surface area contributed by atoms with Crippen LogP contribution in [0.5, 0.6) is 0 Å². The number of hydrogen-bond donors (Lipinski definition) is 0. The highest BCUT2D eigenvalue weighted by atomic mass is 16.6. The first-order chi connectivity index (χ1) is 6.46. The van der Waals surface area contributed by atoms with Gasteiger partial charge in [0.1, 0.15) is 5.60 Å². The van der Waals surface area contributed by atoms with E-state index in [1.165, 1.54) is 6.42 Å². The van der Waals surface area contributed by atoms with Crippen molar-refractivity contribution in [3.63, 3.8) is 0 Å². The van der Waals surface area contributed by atoms with E-state index in [9.17, 15) is 4.79 Å². The van der Waals surface area contributed by atoms with Crippen molar-refractivity contribution in [1.29, 1.82) is 0 Å². The van der Waals surface area contributed by atoms with Crippen molar-refractivity contribution in [2.75, 3.05) is 0 Å². The molecule has 0 bridgehead atoms. The number of esters is 1. The molecule has 1 rings (SSSR count). The second-order valence-electron chi connectivity index (χ2n) is 4.63. The zero-order valence-corrected chi connectivity index (χ0v) is 9.43. The Hall–Kier alpha value is -0.790. The molecule has 0 spiro atoms. The lowest BCUT2D eigenvalue weighted by Crippen LogP contribution is -2.40. The van der Waals surface area contributed by atoms with E-state index in [1.54, 1.807) is 6.92 Å².